The molecule has 30 heavy (non-hydrogen) atoms. The van der Waals surface area contributed by atoms with Crippen LogP contribution in [0.3, 0.4) is 0 Å². The average molecular weight is 395 g/mol. The Bertz CT molecular complexity index is 1200. The van der Waals surface area contributed by atoms with E-state index >= 15 is 0 Å². The van der Waals surface area contributed by atoms with Crippen LogP contribution in [0.4, 0.5) is 11.4 Å². The number of hydrogen-bond donors (Lipinski definition) is 1. The van der Waals surface area contributed by atoms with Crippen LogP contribution in [0, 0.1) is 0 Å². The van der Waals surface area contributed by atoms with Crippen molar-refractivity contribution < 1.29 is 9.59 Å². The van der Waals surface area contributed by atoms with Gasteiger partial charge in [-0.1, -0.05) is 42.5 Å². The van der Waals surface area contributed by atoms with Crippen LogP contribution in [0.15, 0.2) is 91.1 Å². The monoisotopic (exact) mass is 395 g/mol. The van der Waals surface area contributed by atoms with Gasteiger partial charge < -0.3 is 10.2 Å². The highest BCUT2D eigenvalue weighted by Crippen LogP contribution is 2.22. The number of benzene rings is 3. The minimum absolute atomic E-state index is 0.148. The summed E-state index contributed by atoms with van der Waals surface area (Å²) >= 11 is 0. The van der Waals surface area contributed by atoms with Gasteiger partial charge in [-0.25, -0.2) is 0 Å². The number of hydrogen-bond acceptors (Lipinski definition) is 3. The van der Waals surface area contributed by atoms with E-state index in [1.165, 1.54) is 0 Å². The number of pyridine rings is 1. The van der Waals surface area contributed by atoms with E-state index in [0.717, 1.165) is 16.6 Å². The van der Waals surface area contributed by atoms with Gasteiger partial charge in [-0.15, -0.1) is 0 Å². The molecular weight excluding hydrogens is 374 g/mol. The molecule has 4 aromatic rings. The van der Waals surface area contributed by atoms with Crippen LogP contribution in [0.2, 0.25) is 0 Å². The van der Waals surface area contributed by atoms with Gasteiger partial charge in [0.15, 0.2) is 0 Å². The highest BCUT2D eigenvalue weighted by Gasteiger charge is 2.18. The maximum Gasteiger partial charge on any atom is 0.258 e. The summed E-state index contributed by atoms with van der Waals surface area (Å²) in [6, 6.07) is 25.7. The summed E-state index contributed by atoms with van der Waals surface area (Å²) in [5.41, 5.74) is 3.06. The minimum atomic E-state index is -0.287. The fourth-order valence-corrected chi connectivity index (χ4v) is 3.40. The fraction of sp³-hybridized carbons (Fsp3) is 0.0800. The first kappa shape index (κ1) is 19.3. The number of para-hydroxylation sites is 2. The van der Waals surface area contributed by atoms with Gasteiger partial charge in [0.1, 0.15) is 0 Å². The van der Waals surface area contributed by atoms with Gasteiger partial charge in [0, 0.05) is 34.9 Å². The molecule has 0 aliphatic carbocycles. The molecule has 0 aliphatic heterocycles. The maximum absolute atomic E-state index is 13.1. The Labute approximate surface area is 175 Å². The predicted molar refractivity (Wildman–Crippen MR) is 120 cm³/mol. The van der Waals surface area contributed by atoms with Gasteiger partial charge in [-0.2, -0.15) is 0 Å². The van der Waals surface area contributed by atoms with Crippen molar-refractivity contribution in [3.05, 3.63) is 102 Å². The molecule has 5 heteroatoms. The van der Waals surface area contributed by atoms with Crippen molar-refractivity contribution in [1.29, 1.82) is 0 Å². The molecule has 1 N–H and O–H groups in total. The summed E-state index contributed by atoms with van der Waals surface area (Å²) in [5, 5.41) is 3.86. The molecule has 2 amide bonds. The molecule has 0 fully saturated rings. The maximum atomic E-state index is 13.1. The van der Waals surface area contributed by atoms with Crippen molar-refractivity contribution in [1.82, 2.24) is 4.98 Å². The summed E-state index contributed by atoms with van der Waals surface area (Å²) in [7, 11) is 0. The molecule has 5 nitrogen and oxygen atoms in total. The van der Waals surface area contributed by atoms with Gasteiger partial charge in [0.05, 0.1) is 11.2 Å². The molecule has 4 rings (SSSR count). The van der Waals surface area contributed by atoms with Crippen LogP contribution in [0.25, 0.3) is 10.9 Å². The Kier molecular flexibility index (Phi) is 5.52. The summed E-state index contributed by atoms with van der Waals surface area (Å²) in [4.78, 5) is 32.0. The summed E-state index contributed by atoms with van der Waals surface area (Å²) in [5.74, 6) is -0.434. The molecule has 3 aromatic carbocycles. The third kappa shape index (κ3) is 3.91. The van der Waals surface area contributed by atoms with Crippen molar-refractivity contribution in [2.75, 3.05) is 16.8 Å². The van der Waals surface area contributed by atoms with E-state index in [-0.39, 0.29) is 11.8 Å². The zero-order chi connectivity index (χ0) is 20.9. The molecule has 1 aromatic heterocycles. The third-order valence-electron chi connectivity index (χ3n) is 4.88. The summed E-state index contributed by atoms with van der Waals surface area (Å²) in [6.07, 6.45) is 1.69. The van der Waals surface area contributed by atoms with E-state index in [0.29, 0.717) is 23.4 Å². The lowest BCUT2D eigenvalue weighted by molar-refractivity contribution is 0.0988. The van der Waals surface area contributed by atoms with Gasteiger partial charge in [0.25, 0.3) is 11.8 Å². The summed E-state index contributed by atoms with van der Waals surface area (Å²) in [6.45, 7) is 2.45. The molecule has 0 atom stereocenters. The molecule has 0 saturated heterocycles. The number of nitrogens with one attached hydrogen (secondary N) is 1. The first-order chi connectivity index (χ1) is 14.7. The SMILES string of the molecule is CCN(C(=O)c1cccc(C(=O)Nc2cccc3cccnc23)c1)c1ccccc1. The van der Waals surface area contributed by atoms with Crippen LogP contribution in [-0.2, 0) is 0 Å². The first-order valence-corrected chi connectivity index (χ1v) is 9.79. The van der Waals surface area contributed by atoms with Gasteiger partial charge in [-0.05, 0) is 49.4 Å². The Morgan fingerprint density at radius 1 is 0.867 bits per heavy atom. The number of amides is 2. The highest BCUT2D eigenvalue weighted by atomic mass is 16.2. The van der Waals surface area contributed by atoms with Crippen LogP contribution in [0.1, 0.15) is 27.6 Å². The van der Waals surface area contributed by atoms with E-state index in [9.17, 15) is 9.59 Å². The quantitative estimate of drug-likeness (QED) is 0.508. The van der Waals surface area contributed by atoms with Crippen molar-refractivity contribution in [3.8, 4) is 0 Å². The van der Waals surface area contributed by atoms with E-state index in [4.69, 9.17) is 0 Å². The normalized spacial score (nSPS) is 10.6. The number of nitrogens with zero attached hydrogens (tertiary/aromatic N) is 2. The molecule has 0 spiro atoms. The third-order valence-corrected chi connectivity index (χ3v) is 4.88. The second-order valence-electron chi connectivity index (χ2n) is 6.80. The van der Waals surface area contributed by atoms with Crippen LogP contribution < -0.4 is 10.2 Å². The number of carbonyl (C=O) groups is 2. The zero-order valence-electron chi connectivity index (χ0n) is 16.6. The largest absolute Gasteiger partial charge is 0.320 e. The van der Waals surface area contributed by atoms with Crippen LogP contribution >= 0.6 is 0 Å². The molecular formula is C25H21N3O2. The second kappa shape index (κ2) is 8.57. The Hall–Kier alpha value is -3.99. The standard InChI is InChI=1S/C25H21N3O2/c1-2-28(21-13-4-3-5-14-21)25(30)20-11-6-10-19(17-20)24(29)27-22-15-7-9-18-12-8-16-26-23(18)22/h3-17H,2H2,1H3,(H,27,29). The molecule has 0 bridgehead atoms. The Morgan fingerprint density at radius 2 is 1.60 bits per heavy atom. The molecule has 0 unspecified atom stereocenters. The predicted octanol–water partition coefficient (Wildman–Crippen LogP) is 5.15. The van der Waals surface area contributed by atoms with E-state index < -0.39 is 0 Å². The van der Waals surface area contributed by atoms with E-state index in [1.54, 1.807) is 35.4 Å². The smallest absolute Gasteiger partial charge is 0.258 e. The van der Waals surface area contributed by atoms with Gasteiger partial charge >= 0.3 is 0 Å². The topological polar surface area (TPSA) is 62.3 Å². The number of fused-ring (bicyclic) bond motifs is 1. The Balaban J connectivity index is 1.59. The number of anilines is 2. The van der Waals surface area contributed by atoms with Crippen molar-refractivity contribution in [3.63, 3.8) is 0 Å². The zero-order valence-corrected chi connectivity index (χ0v) is 16.6. The van der Waals surface area contributed by atoms with Gasteiger partial charge in [0.2, 0.25) is 0 Å². The fourth-order valence-electron chi connectivity index (χ4n) is 3.40. The lowest BCUT2D eigenvalue weighted by Crippen LogP contribution is -2.30. The van der Waals surface area contributed by atoms with Crippen molar-refractivity contribution in [2.45, 2.75) is 6.92 Å². The lowest BCUT2D eigenvalue weighted by Gasteiger charge is -2.21. The second-order valence-corrected chi connectivity index (χ2v) is 6.80. The summed E-state index contributed by atoms with van der Waals surface area (Å²) < 4.78 is 0. The van der Waals surface area contributed by atoms with E-state index in [2.05, 4.69) is 10.3 Å². The Morgan fingerprint density at radius 3 is 2.40 bits per heavy atom. The lowest BCUT2D eigenvalue weighted by atomic mass is 10.1. The number of carbonyl (C=O) groups excluding carboxylic acids is 2. The highest BCUT2D eigenvalue weighted by molar-refractivity contribution is 6.11. The molecule has 0 saturated carbocycles. The first-order valence-electron chi connectivity index (χ1n) is 9.79. The van der Waals surface area contributed by atoms with Crippen molar-refractivity contribution >= 4 is 34.1 Å². The van der Waals surface area contributed by atoms with Crippen LogP contribution in [-0.4, -0.2) is 23.3 Å². The number of aromatic nitrogens is 1. The molecule has 0 aliphatic rings. The van der Waals surface area contributed by atoms with Crippen molar-refractivity contribution in [2.24, 2.45) is 0 Å². The van der Waals surface area contributed by atoms with Gasteiger partial charge in [-0.3, -0.25) is 14.6 Å². The average Bonchev–Trinajstić information content (AvgIpc) is 2.80. The molecule has 0 radical (unpaired) electrons. The van der Waals surface area contributed by atoms with E-state index in [1.807, 2.05) is 67.6 Å². The number of rotatable bonds is 5. The van der Waals surface area contributed by atoms with Crippen LogP contribution in [0.5, 0.6) is 0 Å². The molecule has 1 heterocycles. The minimum Gasteiger partial charge on any atom is -0.320 e. The molecule has 148 valence electrons.